The first-order valence-corrected chi connectivity index (χ1v) is 11.9. The van der Waals surface area contributed by atoms with Gasteiger partial charge in [-0.1, -0.05) is 28.9 Å². The molecular weight excluding hydrogens is 432 g/mol. The van der Waals surface area contributed by atoms with Crippen molar-refractivity contribution in [1.29, 1.82) is 0 Å². The Morgan fingerprint density at radius 3 is 2.71 bits per heavy atom. The van der Waals surface area contributed by atoms with Crippen LogP contribution < -0.4 is 5.32 Å². The summed E-state index contributed by atoms with van der Waals surface area (Å²) in [7, 11) is 0. The van der Waals surface area contributed by atoms with E-state index in [1.807, 2.05) is 36.9 Å². The maximum Gasteiger partial charge on any atom is 0.227 e. The molecule has 0 radical (unpaired) electrons. The predicted molar refractivity (Wildman–Crippen MR) is 125 cm³/mol. The van der Waals surface area contributed by atoms with Crippen molar-refractivity contribution >= 4 is 35.0 Å². The fourth-order valence-electron chi connectivity index (χ4n) is 3.49. The highest BCUT2D eigenvalue weighted by molar-refractivity contribution is 7.99. The van der Waals surface area contributed by atoms with Crippen LogP contribution in [-0.2, 0) is 17.8 Å². The Balaban J connectivity index is 1.29. The van der Waals surface area contributed by atoms with Crippen LogP contribution in [0.2, 0.25) is 5.02 Å². The lowest BCUT2D eigenvalue weighted by Crippen LogP contribution is -2.31. The number of nitrogens with one attached hydrogen (secondary N) is 1. The van der Waals surface area contributed by atoms with E-state index >= 15 is 0 Å². The molecule has 1 aliphatic rings. The summed E-state index contributed by atoms with van der Waals surface area (Å²) >= 11 is 7.92. The molecule has 2 heterocycles. The van der Waals surface area contributed by atoms with E-state index in [4.69, 9.17) is 16.1 Å². The van der Waals surface area contributed by atoms with Crippen LogP contribution in [0.4, 0.5) is 5.69 Å². The van der Waals surface area contributed by atoms with Crippen molar-refractivity contribution in [3.63, 3.8) is 0 Å². The van der Waals surface area contributed by atoms with E-state index in [0.29, 0.717) is 23.2 Å². The van der Waals surface area contributed by atoms with Gasteiger partial charge in [-0.25, -0.2) is 0 Å². The van der Waals surface area contributed by atoms with Gasteiger partial charge in [0.1, 0.15) is 0 Å². The largest absolute Gasteiger partial charge is 0.339 e. The van der Waals surface area contributed by atoms with Crippen molar-refractivity contribution in [3.8, 4) is 11.4 Å². The molecule has 3 aromatic rings. The Morgan fingerprint density at radius 1 is 1.19 bits per heavy atom. The molecule has 31 heavy (non-hydrogen) atoms. The lowest BCUT2D eigenvalue weighted by Gasteiger charge is -2.26. The maximum absolute atomic E-state index is 12.4. The monoisotopic (exact) mass is 456 g/mol. The predicted octanol–water partition coefficient (Wildman–Crippen LogP) is 4.82. The number of hydrogen-bond donors (Lipinski definition) is 1. The van der Waals surface area contributed by atoms with Gasteiger partial charge in [-0.15, -0.1) is 0 Å². The molecule has 0 unspecified atom stereocenters. The number of thioether (sulfide) groups is 1. The van der Waals surface area contributed by atoms with E-state index in [-0.39, 0.29) is 12.3 Å². The van der Waals surface area contributed by atoms with Crippen LogP contribution in [0.1, 0.15) is 23.4 Å². The molecule has 2 aromatic carbocycles. The van der Waals surface area contributed by atoms with E-state index in [1.165, 1.54) is 17.1 Å². The number of halogens is 1. The van der Waals surface area contributed by atoms with Crippen molar-refractivity contribution in [2.45, 2.75) is 26.3 Å². The fourth-order valence-corrected chi connectivity index (χ4v) is 4.59. The quantitative estimate of drug-likeness (QED) is 0.549. The molecule has 0 spiro atoms. The lowest BCUT2D eigenvalue weighted by molar-refractivity contribution is -0.116. The van der Waals surface area contributed by atoms with Gasteiger partial charge in [0.05, 0.1) is 0 Å². The summed E-state index contributed by atoms with van der Waals surface area (Å²) in [6.07, 6.45) is 0.658. The van der Waals surface area contributed by atoms with Crippen molar-refractivity contribution in [1.82, 2.24) is 15.0 Å². The number of amides is 1. The van der Waals surface area contributed by atoms with Gasteiger partial charge in [0.15, 0.2) is 0 Å². The van der Waals surface area contributed by atoms with Crippen LogP contribution in [-0.4, -0.2) is 45.5 Å². The number of hydrogen-bond acceptors (Lipinski definition) is 6. The molecule has 0 aliphatic carbocycles. The molecule has 1 N–H and O–H groups in total. The molecule has 8 heteroatoms. The Labute approximate surface area is 191 Å². The zero-order valence-corrected chi connectivity index (χ0v) is 19.0. The summed E-state index contributed by atoms with van der Waals surface area (Å²) in [5.41, 5.74) is 4.02. The Hall–Kier alpha value is -2.35. The molecule has 6 nitrogen and oxygen atoms in total. The van der Waals surface area contributed by atoms with Gasteiger partial charge < -0.3 is 9.84 Å². The smallest absolute Gasteiger partial charge is 0.227 e. The normalized spacial score (nSPS) is 14.5. The van der Waals surface area contributed by atoms with Crippen LogP contribution in [0.25, 0.3) is 11.4 Å². The van der Waals surface area contributed by atoms with Crippen molar-refractivity contribution in [3.05, 3.63) is 64.5 Å². The van der Waals surface area contributed by atoms with E-state index < -0.39 is 0 Å². The van der Waals surface area contributed by atoms with Crippen LogP contribution in [0.3, 0.4) is 0 Å². The van der Waals surface area contributed by atoms with Gasteiger partial charge >= 0.3 is 0 Å². The Morgan fingerprint density at radius 2 is 1.97 bits per heavy atom. The third kappa shape index (κ3) is 6.09. The van der Waals surface area contributed by atoms with Crippen molar-refractivity contribution in [2.24, 2.45) is 0 Å². The second-order valence-corrected chi connectivity index (χ2v) is 9.27. The van der Waals surface area contributed by atoms with Gasteiger partial charge in [0.25, 0.3) is 0 Å². The van der Waals surface area contributed by atoms with Gasteiger partial charge in [-0.2, -0.15) is 16.7 Å². The summed E-state index contributed by atoms with van der Waals surface area (Å²) in [5, 5.41) is 7.63. The van der Waals surface area contributed by atoms with E-state index in [0.717, 1.165) is 36.4 Å². The van der Waals surface area contributed by atoms with Crippen molar-refractivity contribution < 1.29 is 9.32 Å². The fraction of sp³-hybridized carbons (Fsp3) is 0.348. The third-order valence-corrected chi connectivity index (χ3v) is 6.41. The minimum Gasteiger partial charge on any atom is -0.339 e. The summed E-state index contributed by atoms with van der Waals surface area (Å²) in [4.78, 5) is 19.3. The molecule has 1 amide bonds. The van der Waals surface area contributed by atoms with Gasteiger partial charge in [-0.05, 0) is 48.4 Å². The summed E-state index contributed by atoms with van der Waals surface area (Å²) < 4.78 is 5.28. The number of aromatic nitrogens is 2. The number of aryl methyl sites for hydroxylation is 2. The van der Waals surface area contributed by atoms with Crippen LogP contribution >= 0.6 is 23.4 Å². The lowest BCUT2D eigenvalue weighted by atomic mass is 10.1. The van der Waals surface area contributed by atoms with Gasteiger partial charge in [0.2, 0.25) is 17.6 Å². The molecule has 1 aliphatic heterocycles. The first-order valence-electron chi connectivity index (χ1n) is 10.3. The van der Waals surface area contributed by atoms with Gasteiger partial charge in [-0.3, -0.25) is 9.69 Å². The number of benzene rings is 2. The zero-order valence-electron chi connectivity index (χ0n) is 17.4. The Bertz CT molecular complexity index is 1030. The number of nitrogens with zero attached hydrogens (tertiary/aromatic N) is 3. The summed E-state index contributed by atoms with van der Waals surface area (Å²) in [6, 6.07) is 13.5. The highest BCUT2D eigenvalue weighted by Crippen LogP contribution is 2.21. The van der Waals surface area contributed by atoms with E-state index in [1.54, 1.807) is 12.1 Å². The first kappa shape index (κ1) is 21.9. The molecule has 1 fully saturated rings. The van der Waals surface area contributed by atoms with E-state index in [9.17, 15) is 4.79 Å². The minimum absolute atomic E-state index is 0.0739. The van der Waals surface area contributed by atoms with Crippen molar-refractivity contribution in [2.75, 3.05) is 29.9 Å². The van der Waals surface area contributed by atoms with Crippen LogP contribution in [0.5, 0.6) is 0 Å². The average molecular weight is 457 g/mol. The zero-order chi connectivity index (χ0) is 21.6. The highest BCUT2D eigenvalue weighted by atomic mass is 35.5. The summed E-state index contributed by atoms with van der Waals surface area (Å²) in [5.74, 6) is 3.26. The second-order valence-electron chi connectivity index (χ2n) is 7.60. The molecule has 162 valence electrons. The molecule has 4 rings (SSSR count). The van der Waals surface area contributed by atoms with E-state index in [2.05, 4.69) is 32.5 Å². The maximum atomic E-state index is 12.4. The second kappa shape index (κ2) is 10.3. The topological polar surface area (TPSA) is 71.3 Å². The van der Waals surface area contributed by atoms with Gasteiger partial charge in [0, 0.05) is 60.3 Å². The SMILES string of the molecule is Cc1cc(CN2CCSCC2)ccc1NC(=O)CCc1nc(-c2ccc(Cl)cc2)no1. The number of rotatable bonds is 7. The van der Waals surface area contributed by atoms with Crippen LogP contribution in [0.15, 0.2) is 47.0 Å². The number of carbonyl (C=O) groups is 1. The molecule has 1 aromatic heterocycles. The highest BCUT2D eigenvalue weighted by Gasteiger charge is 2.13. The molecule has 0 atom stereocenters. The summed E-state index contributed by atoms with van der Waals surface area (Å²) in [6.45, 7) is 5.26. The third-order valence-electron chi connectivity index (χ3n) is 5.21. The standard InChI is InChI=1S/C23H25ClN4O2S/c1-16-14-17(15-28-10-12-31-13-11-28)2-7-20(16)25-21(29)8-9-22-26-23(27-30-22)18-3-5-19(24)6-4-18/h2-7,14H,8-13,15H2,1H3,(H,25,29). The molecular formula is C23H25ClN4O2S. The van der Waals surface area contributed by atoms with Crippen LogP contribution in [0, 0.1) is 6.92 Å². The molecule has 0 bridgehead atoms. The Kier molecular flexibility index (Phi) is 7.27. The molecule has 1 saturated heterocycles. The number of anilines is 1. The first-order chi connectivity index (χ1) is 15.1. The number of carbonyl (C=O) groups excluding carboxylic acids is 1. The molecule has 0 saturated carbocycles. The minimum atomic E-state index is -0.0739. The average Bonchev–Trinajstić information content (AvgIpc) is 3.25.